The van der Waals surface area contributed by atoms with E-state index in [9.17, 15) is 39.5 Å². The zero-order valence-electron chi connectivity index (χ0n) is 49.8. The van der Waals surface area contributed by atoms with Crippen molar-refractivity contribution < 1.29 is 45.0 Å². The Kier molecular flexibility index (Phi) is 93.0. The van der Waals surface area contributed by atoms with Crippen LogP contribution in [-0.4, -0.2) is 18.5 Å². The van der Waals surface area contributed by atoms with Crippen LogP contribution in [0.5, 0.6) is 0 Å². The molecule has 2 unspecified atom stereocenters. The zero-order valence-corrected chi connectivity index (χ0v) is 45.8. The summed E-state index contributed by atoms with van der Waals surface area (Å²) in [5.41, 5.74) is 0. The Morgan fingerprint density at radius 3 is 0.600 bits per heavy atom. The number of hydrogen-bond acceptors (Lipinski definition) is 0. The van der Waals surface area contributed by atoms with Gasteiger partial charge in [-0.15, -0.1) is 0 Å². The first-order valence-electron chi connectivity index (χ1n) is 25.4. The average Bonchev–Trinajstić information content (AvgIpc) is 3.07. The van der Waals surface area contributed by atoms with Gasteiger partial charge in [0.25, 0.3) is 0 Å². The van der Waals surface area contributed by atoms with E-state index in [1.165, 1.54) is 44.9 Å². The summed E-state index contributed by atoms with van der Waals surface area (Å²) in [7, 11) is 0. The van der Waals surface area contributed by atoms with Crippen LogP contribution in [0.4, 0.5) is 39.5 Å². The van der Waals surface area contributed by atoms with Crippen LogP contribution in [0.15, 0.2) is 0 Å². The van der Waals surface area contributed by atoms with Crippen LogP contribution in [-0.2, 0) is 0 Å². The van der Waals surface area contributed by atoms with E-state index in [1.807, 2.05) is 62.3 Å². The SMILES string of the molecule is CC.CC(C)C.CC(C)C(F)(F)F.CCC.CCC(C)C.CCC(C)CC(F)(F)F.CCC(C)CC(F)(F)F.CCCC.CCCCC.[2H]C(C)(C)C.[2H]C(C)(C)C.[2H]C([2H])(C)CC. The summed E-state index contributed by atoms with van der Waals surface area (Å²) in [5.74, 6) is -0.447. The maximum absolute atomic E-state index is 11.5. The minimum atomic E-state index is -4.00. The van der Waals surface area contributed by atoms with Crippen LogP contribution in [0.1, 0.15) is 283 Å². The summed E-state index contributed by atoms with van der Waals surface area (Å²) in [4.78, 5) is 0. The Balaban J connectivity index is -0.0000000469. The summed E-state index contributed by atoms with van der Waals surface area (Å²) in [6, 6.07) is 0. The van der Waals surface area contributed by atoms with Crippen LogP contribution >= 0.6 is 0 Å². The minimum Gasteiger partial charge on any atom is -0.171 e. The quantitative estimate of drug-likeness (QED) is 0.202. The van der Waals surface area contributed by atoms with Gasteiger partial charge in [-0.25, -0.2) is 0 Å². The molecule has 0 aromatic heterocycles. The second-order valence-electron chi connectivity index (χ2n) is 16.7. The van der Waals surface area contributed by atoms with Gasteiger partial charge in [-0.1, -0.05) is 264 Å². The van der Waals surface area contributed by atoms with Crippen molar-refractivity contribution in [1.82, 2.24) is 0 Å². The van der Waals surface area contributed by atoms with Gasteiger partial charge < -0.3 is 0 Å². The van der Waals surface area contributed by atoms with E-state index < -0.39 is 43.7 Å². The summed E-state index contributed by atoms with van der Waals surface area (Å²) < 4.78 is 130. The standard InChI is InChI=1S/2C6H11F3.2C5H12.C4H7F3.5C4H10.C3H8.C2H6/c2*1-3-5(2)4-6(7,8)9;1-4-5(2)3;1-3-5-4-2;1-3(2)4(5,6)7;3*1-4(2)3;2*1-3-4-2;1-3-2;1-2/h2*5H,3-4H2,1-2H3;5H,4H2,1-3H3;3-5H2,1-2H3;3H,1-2H3;3*4H,1-3H3;2*3-4H2,1-2H3;3H2,1-2H3;1-2H3/i;;;;;2*4D;;3D2;;;. The average molecular weight is 906 g/mol. The fourth-order valence-corrected chi connectivity index (χ4v) is 1.43. The summed E-state index contributed by atoms with van der Waals surface area (Å²) in [6.45, 7) is 53.7. The second-order valence-corrected chi connectivity index (χ2v) is 16.7. The van der Waals surface area contributed by atoms with Crippen molar-refractivity contribution in [3.05, 3.63) is 0 Å². The van der Waals surface area contributed by atoms with Crippen molar-refractivity contribution in [2.75, 3.05) is 0 Å². The largest absolute Gasteiger partial charge is 0.391 e. The van der Waals surface area contributed by atoms with Crippen molar-refractivity contribution in [2.24, 2.45) is 41.4 Å². The molecular weight excluding hydrogens is 784 g/mol. The Bertz CT molecular complexity index is 696. The molecule has 0 aliphatic heterocycles. The summed E-state index contributed by atoms with van der Waals surface area (Å²) >= 11 is 0. The minimum absolute atomic E-state index is 0.231. The monoisotopic (exact) mass is 905 g/mol. The molecule has 0 aromatic carbocycles. The first-order valence-corrected chi connectivity index (χ1v) is 23.4. The molecule has 0 heterocycles. The molecule has 0 aliphatic rings. The lowest BCUT2D eigenvalue weighted by Gasteiger charge is -2.10. The van der Waals surface area contributed by atoms with Gasteiger partial charge in [-0.3, -0.25) is 0 Å². The van der Waals surface area contributed by atoms with Gasteiger partial charge in [-0.2, -0.15) is 39.5 Å². The predicted octanol–water partition coefficient (Wildman–Crippen LogP) is 23.5. The normalized spacial score (nSPS) is 12.5. The molecule has 0 saturated carbocycles. The van der Waals surface area contributed by atoms with Crippen LogP contribution in [0.3, 0.4) is 0 Å². The molecule has 0 saturated heterocycles. The lowest BCUT2D eigenvalue weighted by atomic mass is 10.1. The third-order valence-electron chi connectivity index (χ3n) is 5.59. The molecular formula is C51H117F9. The fraction of sp³-hybridized carbons (Fsp3) is 1.00. The highest BCUT2D eigenvalue weighted by Crippen LogP contribution is 2.26. The number of hydrogen-bond donors (Lipinski definition) is 0. The molecule has 2 atom stereocenters. The number of unbranched alkanes of at least 4 members (excludes halogenated alkanes) is 3. The van der Waals surface area contributed by atoms with Crippen LogP contribution in [0, 0.1) is 41.4 Å². The zero-order chi connectivity index (χ0) is 55.4. The second kappa shape index (κ2) is 72.8. The molecule has 9 heteroatoms. The maximum atomic E-state index is 11.5. The van der Waals surface area contributed by atoms with Crippen LogP contribution < -0.4 is 0 Å². The van der Waals surface area contributed by atoms with Crippen molar-refractivity contribution in [3.63, 3.8) is 0 Å². The van der Waals surface area contributed by atoms with Gasteiger partial charge in [0.2, 0.25) is 0 Å². The van der Waals surface area contributed by atoms with Gasteiger partial charge in [0, 0.05) is 24.2 Å². The molecule has 0 aromatic rings. The highest BCUT2D eigenvalue weighted by molar-refractivity contribution is 4.57. The Morgan fingerprint density at radius 2 is 0.583 bits per heavy atom. The van der Waals surface area contributed by atoms with E-state index in [0.717, 1.165) is 25.7 Å². The number of halogens is 9. The molecule has 0 rings (SSSR count). The number of alkyl halides is 9. The topological polar surface area (TPSA) is 0 Å². The fourth-order valence-electron chi connectivity index (χ4n) is 1.43. The van der Waals surface area contributed by atoms with Crippen molar-refractivity contribution in [3.8, 4) is 0 Å². The first-order chi connectivity index (χ1) is 28.2. The van der Waals surface area contributed by atoms with Crippen LogP contribution in [0.25, 0.3) is 0 Å². The third kappa shape index (κ3) is 283. The van der Waals surface area contributed by atoms with E-state index in [0.29, 0.717) is 19.3 Å². The van der Waals surface area contributed by atoms with Crippen molar-refractivity contribution in [1.29, 1.82) is 0 Å². The summed E-state index contributed by atoms with van der Waals surface area (Å²) in [6.07, 6.45) is -3.14. The lowest BCUT2D eigenvalue weighted by Crippen LogP contribution is -2.15. The molecule has 60 heavy (non-hydrogen) atoms. The molecule has 0 amide bonds. The molecule has 0 N–H and O–H groups in total. The van der Waals surface area contributed by atoms with Gasteiger partial charge in [0.1, 0.15) is 0 Å². The Labute approximate surface area is 381 Å². The highest BCUT2D eigenvalue weighted by Gasteiger charge is 2.31. The van der Waals surface area contributed by atoms with Crippen molar-refractivity contribution >= 4 is 0 Å². The lowest BCUT2D eigenvalue weighted by molar-refractivity contribution is -0.164. The van der Waals surface area contributed by atoms with E-state index >= 15 is 0 Å². The van der Waals surface area contributed by atoms with Gasteiger partial charge >= 0.3 is 18.5 Å². The molecule has 0 radical (unpaired) electrons. The van der Waals surface area contributed by atoms with Crippen molar-refractivity contribution in [2.45, 2.75) is 296 Å². The summed E-state index contributed by atoms with van der Waals surface area (Å²) in [5, 5.41) is 0. The van der Waals surface area contributed by atoms with E-state index in [1.54, 1.807) is 34.6 Å². The highest BCUT2D eigenvalue weighted by atomic mass is 19.4. The van der Waals surface area contributed by atoms with Gasteiger partial charge in [0.15, 0.2) is 0 Å². The molecule has 384 valence electrons. The Morgan fingerprint density at radius 1 is 0.417 bits per heavy atom. The smallest absolute Gasteiger partial charge is 0.171 e. The molecule has 0 spiro atoms. The first kappa shape index (κ1) is 76.7. The van der Waals surface area contributed by atoms with E-state index in [4.69, 9.17) is 5.48 Å². The third-order valence-corrected chi connectivity index (χ3v) is 5.59. The van der Waals surface area contributed by atoms with E-state index in [2.05, 4.69) is 83.1 Å². The maximum Gasteiger partial charge on any atom is 0.391 e. The van der Waals surface area contributed by atoms with Gasteiger partial charge in [0.05, 0.1) is 0 Å². The molecule has 0 nitrogen and oxygen atoms in total. The molecule has 0 fully saturated rings. The van der Waals surface area contributed by atoms with Crippen LogP contribution in [0.2, 0.25) is 0 Å². The van der Waals surface area contributed by atoms with Gasteiger partial charge in [-0.05, 0) is 35.5 Å². The molecule has 0 bridgehead atoms. The predicted molar refractivity (Wildman–Crippen MR) is 261 cm³/mol. The Hall–Kier alpha value is -0.630. The molecule has 0 aliphatic carbocycles. The van der Waals surface area contributed by atoms with E-state index in [-0.39, 0.29) is 23.6 Å². The number of rotatable bonds is 9.